The molecule has 0 saturated carbocycles. The molecule has 0 heterocycles. The fraction of sp³-hybridized carbons (Fsp3) is 0.375. The van der Waals surface area contributed by atoms with E-state index in [1.807, 2.05) is 13.0 Å². The van der Waals surface area contributed by atoms with Crippen molar-refractivity contribution in [3.05, 3.63) is 48.1 Å². The summed E-state index contributed by atoms with van der Waals surface area (Å²) in [4.78, 5) is 0. The molecule has 1 rings (SSSR count). The first kappa shape index (κ1) is 14.4. The number of benzene rings is 1. The molecule has 0 fully saturated rings. The minimum atomic E-state index is -0.339. The largest absolute Gasteiger partial charge is 0.508 e. The number of hydrogen-bond donors (Lipinski definition) is 2. The molecule has 1 atom stereocenters. The van der Waals surface area contributed by atoms with Crippen LogP contribution in [0.1, 0.15) is 39.2 Å². The van der Waals surface area contributed by atoms with E-state index in [0.717, 1.165) is 18.4 Å². The summed E-state index contributed by atoms with van der Waals surface area (Å²) in [5.74, 6) is 0.366. The quantitative estimate of drug-likeness (QED) is 0.601. The molecule has 0 aliphatic carbocycles. The summed E-state index contributed by atoms with van der Waals surface area (Å²) in [6, 6.07) is 4.62. The van der Waals surface area contributed by atoms with Crippen molar-refractivity contribution < 1.29 is 10.2 Å². The van der Waals surface area contributed by atoms with E-state index >= 15 is 0 Å². The smallest absolute Gasteiger partial charge is 0.119 e. The van der Waals surface area contributed by atoms with E-state index in [1.165, 1.54) is 17.7 Å². The van der Waals surface area contributed by atoms with Gasteiger partial charge in [0.25, 0.3) is 0 Å². The maximum Gasteiger partial charge on any atom is 0.119 e. The van der Waals surface area contributed by atoms with Crippen molar-refractivity contribution in [2.45, 2.75) is 39.0 Å². The molecule has 2 N–H and O–H groups in total. The van der Waals surface area contributed by atoms with Crippen LogP contribution in [-0.2, 0) is 5.41 Å². The van der Waals surface area contributed by atoms with E-state index in [1.54, 1.807) is 6.07 Å². The highest BCUT2D eigenvalue weighted by molar-refractivity contribution is 5.45. The molecule has 0 aliphatic rings. The SMILES string of the molecule is C=CC(C)(CCC=C(C)C)c1cc(O)ccc1O. The molecule has 2 heteroatoms. The van der Waals surface area contributed by atoms with Crippen LogP contribution in [0.15, 0.2) is 42.5 Å². The van der Waals surface area contributed by atoms with Crippen LogP contribution >= 0.6 is 0 Å². The van der Waals surface area contributed by atoms with Gasteiger partial charge in [-0.25, -0.2) is 0 Å². The average Bonchev–Trinajstić information content (AvgIpc) is 2.31. The third-order valence-electron chi connectivity index (χ3n) is 3.26. The summed E-state index contributed by atoms with van der Waals surface area (Å²) in [6.45, 7) is 10.0. The first-order valence-corrected chi connectivity index (χ1v) is 6.18. The lowest BCUT2D eigenvalue weighted by Crippen LogP contribution is -2.18. The maximum atomic E-state index is 9.94. The Labute approximate surface area is 109 Å². The van der Waals surface area contributed by atoms with E-state index in [4.69, 9.17) is 0 Å². The lowest BCUT2D eigenvalue weighted by Gasteiger charge is -2.27. The van der Waals surface area contributed by atoms with Gasteiger partial charge >= 0.3 is 0 Å². The summed E-state index contributed by atoms with van der Waals surface area (Å²) in [6.07, 6.45) is 5.76. The van der Waals surface area contributed by atoms with Crippen LogP contribution in [0, 0.1) is 0 Å². The lowest BCUT2D eigenvalue weighted by molar-refractivity contribution is 0.431. The van der Waals surface area contributed by atoms with Gasteiger partial charge in [-0.05, 0) is 44.9 Å². The summed E-state index contributed by atoms with van der Waals surface area (Å²) >= 11 is 0. The Bertz CT molecular complexity index is 456. The van der Waals surface area contributed by atoms with Crippen LogP contribution in [0.5, 0.6) is 11.5 Å². The molecular formula is C16H22O2. The zero-order valence-electron chi connectivity index (χ0n) is 11.4. The number of phenols is 2. The van der Waals surface area contributed by atoms with Gasteiger partial charge in [-0.1, -0.05) is 24.6 Å². The topological polar surface area (TPSA) is 40.5 Å². The van der Waals surface area contributed by atoms with Crippen LogP contribution in [0.25, 0.3) is 0 Å². The third kappa shape index (κ3) is 3.39. The molecule has 0 amide bonds. The predicted molar refractivity (Wildman–Crippen MR) is 76.0 cm³/mol. The van der Waals surface area contributed by atoms with E-state index in [9.17, 15) is 10.2 Å². The monoisotopic (exact) mass is 246 g/mol. The van der Waals surface area contributed by atoms with Gasteiger partial charge in [0.2, 0.25) is 0 Å². The highest BCUT2D eigenvalue weighted by Crippen LogP contribution is 2.38. The van der Waals surface area contributed by atoms with Crippen molar-refractivity contribution in [3.8, 4) is 11.5 Å². The van der Waals surface area contributed by atoms with E-state index in [-0.39, 0.29) is 16.9 Å². The number of rotatable bonds is 5. The zero-order valence-corrected chi connectivity index (χ0v) is 11.4. The minimum absolute atomic E-state index is 0.165. The van der Waals surface area contributed by atoms with Gasteiger partial charge in [-0.3, -0.25) is 0 Å². The summed E-state index contributed by atoms with van der Waals surface area (Å²) < 4.78 is 0. The fourth-order valence-electron chi connectivity index (χ4n) is 1.99. The van der Waals surface area contributed by atoms with Crippen molar-refractivity contribution >= 4 is 0 Å². The molecule has 1 aromatic rings. The standard InChI is InChI=1S/C16H22O2/c1-5-16(4,10-6-7-12(2)3)14-11-13(17)8-9-15(14)18/h5,7-9,11,17-18H,1,6,10H2,2-4H3. The number of phenolic OH excluding ortho intramolecular Hbond substituents is 2. The van der Waals surface area contributed by atoms with Crippen molar-refractivity contribution in [2.75, 3.05) is 0 Å². The Balaban J connectivity index is 3.02. The van der Waals surface area contributed by atoms with Crippen molar-refractivity contribution in [1.82, 2.24) is 0 Å². The van der Waals surface area contributed by atoms with Gasteiger partial charge in [0.05, 0.1) is 0 Å². The fourth-order valence-corrected chi connectivity index (χ4v) is 1.99. The Kier molecular flexibility index (Phi) is 4.60. The Morgan fingerprint density at radius 1 is 1.33 bits per heavy atom. The second kappa shape index (κ2) is 5.76. The van der Waals surface area contributed by atoms with Crippen molar-refractivity contribution in [2.24, 2.45) is 0 Å². The molecule has 0 aromatic heterocycles. The van der Waals surface area contributed by atoms with Gasteiger partial charge in [0.15, 0.2) is 0 Å². The highest BCUT2D eigenvalue weighted by Gasteiger charge is 2.25. The van der Waals surface area contributed by atoms with E-state index < -0.39 is 0 Å². The molecule has 2 nitrogen and oxygen atoms in total. The second-order valence-corrected chi connectivity index (χ2v) is 5.14. The predicted octanol–water partition coefficient (Wildman–Crippen LogP) is 4.29. The Hall–Kier alpha value is -1.70. The first-order valence-electron chi connectivity index (χ1n) is 6.18. The molecule has 0 saturated heterocycles. The minimum Gasteiger partial charge on any atom is -0.508 e. The van der Waals surface area contributed by atoms with Crippen LogP contribution < -0.4 is 0 Å². The van der Waals surface area contributed by atoms with Gasteiger partial charge in [0, 0.05) is 11.0 Å². The van der Waals surface area contributed by atoms with E-state index in [2.05, 4.69) is 26.5 Å². The van der Waals surface area contributed by atoms with Gasteiger partial charge < -0.3 is 10.2 Å². The molecule has 1 unspecified atom stereocenters. The lowest BCUT2D eigenvalue weighted by atomic mass is 9.78. The first-order chi connectivity index (χ1) is 8.39. The normalized spacial score (nSPS) is 13.7. The summed E-state index contributed by atoms with van der Waals surface area (Å²) in [5.41, 5.74) is 1.66. The molecule has 1 aromatic carbocycles. The maximum absolute atomic E-state index is 9.94. The van der Waals surface area contributed by atoms with Crippen molar-refractivity contribution in [1.29, 1.82) is 0 Å². The summed E-state index contributed by atoms with van der Waals surface area (Å²) in [7, 11) is 0. The van der Waals surface area contributed by atoms with Crippen molar-refractivity contribution in [3.63, 3.8) is 0 Å². The number of hydrogen-bond acceptors (Lipinski definition) is 2. The second-order valence-electron chi connectivity index (χ2n) is 5.14. The number of allylic oxidation sites excluding steroid dienone is 3. The average molecular weight is 246 g/mol. The van der Waals surface area contributed by atoms with Crippen LogP contribution in [0.4, 0.5) is 0 Å². The van der Waals surface area contributed by atoms with Crippen LogP contribution in [-0.4, -0.2) is 10.2 Å². The zero-order chi connectivity index (χ0) is 13.8. The van der Waals surface area contributed by atoms with Crippen LogP contribution in [0.3, 0.4) is 0 Å². The molecule has 0 radical (unpaired) electrons. The van der Waals surface area contributed by atoms with E-state index in [0.29, 0.717) is 0 Å². The molecule has 0 aliphatic heterocycles. The molecular weight excluding hydrogens is 224 g/mol. The van der Waals surface area contributed by atoms with Gasteiger partial charge in [-0.2, -0.15) is 0 Å². The molecule has 18 heavy (non-hydrogen) atoms. The Morgan fingerprint density at radius 3 is 2.56 bits per heavy atom. The van der Waals surface area contributed by atoms with Gasteiger partial charge in [-0.15, -0.1) is 6.58 Å². The van der Waals surface area contributed by atoms with Crippen LogP contribution in [0.2, 0.25) is 0 Å². The molecule has 0 bridgehead atoms. The molecule has 98 valence electrons. The third-order valence-corrected chi connectivity index (χ3v) is 3.26. The van der Waals surface area contributed by atoms with Gasteiger partial charge in [0.1, 0.15) is 11.5 Å². The molecule has 0 spiro atoms. The highest BCUT2D eigenvalue weighted by atomic mass is 16.3. The number of aromatic hydroxyl groups is 2. The Morgan fingerprint density at radius 2 is 2.00 bits per heavy atom. The summed E-state index contributed by atoms with van der Waals surface area (Å²) in [5, 5.41) is 19.5.